The third-order valence-electron chi connectivity index (χ3n) is 2.86. The van der Waals surface area contributed by atoms with Crippen LogP contribution in [0.5, 0.6) is 5.75 Å². The lowest BCUT2D eigenvalue weighted by Gasteiger charge is -2.33. The van der Waals surface area contributed by atoms with Gasteiger partial charge in [0.05, 0.1) is 11.7 Å². The largest absolute Gasteiger partial charge is 0.485 e. The Balaban J connectivity index is 2.94. The predicted octanol–water partition coefficient (Wildman–Crippen LogP) is 4.10. The second-order valence-electron chi connectivity index (χ2n) is 4.74. The van der Waals surface area contributed by atoms with Crippen LogP contribution in [-0.4, -0.2) is 18.8 Å². The van der Waals surface area contributed by atoms with Crippen LogP contribution < -0.4 is 4.74 Å². The van der Waals surface area contributed by atoms with Crippen LogP contribution in [0.3, 0.4) is 0 Å². The van der Waals surface area contributed by atoms with E-state index in [1.807, 2.05) is 0 Å². The van der Waals surface area contributed by atoms with E-state index >= 15 is 0 Å². The Bertz CT molecular complexity index is 409. The molecule has 2 nitrogen and oxygen atoms in total. The fraction of sp³-hybridized carbons (Fsp3) is 0.500. The van der Waals surface area contributed by atoms with Crippen LogP contribution in [0.4, 0.5) is 13.2 Å². The van der Waals surface area contributed by atoms with Gasteiger partial charge in [-0.1, -0.05) is 13.0 Å². The number of benzene rings is 1. The van der Waals surface area contributed by atoms with E-state index < -0.39 is 17.3 Å². The van der Waals surface area contributed by atoms with Gasteiger partial charge in [-0.15, -0.1) is 0 Å². The highest BCUT2D eigenvalue weighted by Gasteiger charge is 2.33. The van der Waals surface area contributed by atoms with Crippen molar-refractivity contribution in [1.82, 2.24) is 0 Å². The van der Waals surface area contributed by atoms with Crippen LogP contribution in [0.15, 0.2) is 24.3 Å². The predicted molar refractivity (Wildman–Crippen MR) is 66.9 cm³/mol. The summed E-state index contributed by atoms with van der Waals surface area (Å²) in [7, 11) is 1.52. The van der Waals surface area contributed by atoms with Crippen molar-refractivity contribution in [2.75, 3.05) is 7.11 Å². The summed E-state index contributed by atoms with van der Waals surface area (Å²) in [5.41, 5.74) is -1.50. The molecule has 5 heteroatoms. The van der Waals surface area contributed by atoms with Crippen LogP contribution in [0.1, 0.15) is 25.8 Å². The normalized spacial score (nSPS) is 14.3. The molecule has 0 aliphatic carbocycles. The van der Waals surface area contributed by atoms with Gasteiger partial charge in [-0.05, 0) is 38.5 Å². The Kier molecular flexibility index (Phi) is 4.85. The summed E-state index contributed by atoms with van der Waals surface area (Å²) in [5.74, 6) is 0.162. The van der Waals surface area contributed by atoms with Crippen molar-refractivity contribution in [3.8, 4) is 5.75 Å². The maximum atomic E-state index is 12.6. The Labute approximate surface area is 111 Å². The molecule has 0 aliphatic heterocycles. The van der Waals surface area contributed by atoms with Gasteiger partial charge in [0.1, 0.15) is 11.4 Å². The van der Waals surface area contributed by atoms with Crippen molar-refractivity contribution >= 4 is 0 Å². The fourth-order valence-corrected chi connectivity index (χ4v) is 1.85. The zero-order valence-electron chi connectivity index (χ0n) is 11.3. The lowest BCUT2D eigenvalue weighted by atomic mass is 9.99. The Hall–Kier alpha value is -1.23. The van der Waals surface area contributed by atoms with E-state index in [9.17, 15) is 13.2 Å². The summed E-state index contributed by atoms with van der Waals surface area (Å²) in [6.45, 7) is 7.25. The van der Waals surface area contributed by atoms with E-state index in [0.29, 0.717) is 6.42 Å². The number of hydrogen-bond acceptors (Lipinski definition) is 2. The van der Waals surface area contributed by atoms with E-state index in [1.54, 1.807) is 13.8 Å². The van der Waals surface area contributed by atoms with Crippen LogP contribution in [0.2, 0.25) is 0 Å². The first-order valence-corrected chi connectivity index (χ1v) is 5.89. The molecule has 1 atom stereocenters. The molecule has 0 bridgehead atoms. The lowest BCUT2D eigenvalue weighted by molar-refractivity contribution is -0.137. The summed E-state index contributed by atoms with van der Waals surface area (Å²) < 4.78 is 48.6. The zero-order chi connectivity index (χ0) is 14.7. The Morgan fingerprint density at radius 1 is 1.26 bits per heavy atom. The molecule has 0 N–H and O–H groups in total. The third kappa shape index (κ3) is 4.13. The van der Waals surface area contributed by atoms with Gasteiger partial charge in [-0.3, -0.25) is 0 Å². The summed E-state index contributed by atoms with van der Waals surface area (Å²) >= 11 is 0. The first-order chi connectivity index (χ1) is 8.70. The molecule has 0 spiro atoms. The van der Waals surface area contributed by atoms with Gasteiger partial charge < -0.3 is 9.47 Å². The van der Waals surface area contributed by atoms with Gasteiger partial charge >= 0.3 is 6.18 Å². The molecule has 1 aromatic rings. The monoisotopic (exact) mass is 275 g/mol. The molecular formula is C14H18F3O2. The molecule has 0 aromatic heterocycles. The quantitative estimate of drug-likeness (QED) is 0.805. The van der Waals surface area contributed by atoms with Crippen molar-refractivity contribution in [1.29, 1.82) is 0 Å². The lowest BCUT2D eigenvalue weighted by Crippen LogP contribution is -2.42. The SMILES string of the molecule is [CH2]CC(OC)C(C)(C)Oc1cccc(C(F)(F)F)c1. The minimum absolute atomic E-state index is 0.162. The fourth-order valence-electron chi connectivity index (χ4n) is 1.85. The molecule has 0 heterocycles. The number of methoxy groups -OCH3 is 1. The van der Waals surface area contributed by atoms with E-state index in [2.05, 4.69) is 6.92 Å². The van der Waals surface area contributed by atoms with Gasteiger partial charge in [-0.25, -0.2) is 0 Å². The zero-order valence-corrected chi connectivity index (χ0v) is 11.3. The Morgan fingerprint density at radius 3 is 2.37 bits per heavy atom. The molecule has 0 amide bonds. The van der Waals surface area contributed by atoms with Gasteiger partial charge in [0.2, 0.25) is 0 Å². The number of halogens is 3. The Morgan fingerprint density at radius 2 is 1.89 bits per heavy atom. The maximum absolute atomic E-state index is 12.6. The van der Waals surface area contributed by atoms with Crippen LogP contribution in [0.25, 0.3) is 0 Å². The molecule has 19 heavy (non-hydrogen) atoms. The first-order valence-electron chi connectivity index (χ1n) is 5.89. The number of rotatable bonds is 5. The van der Waals surface area contributed by atoms with Crippen molar-refractivity contribution in [3.63, 3.8) is 0 Å². The highest BCUT2D eigenvalue weighted by molar-refractivity contribution is 5.30. The summed E-state index contributed by atoms with van der Waals surface area (Å²) in [6, 6.07) is 4.81. The van der Waals surface area contributed by atoms with Gasteiger partial charge in [0, 0.05) is 7.11 Å². The van der Waals surface area contributed by atoms with Crippen molar-refractivity contribution < 1.29 is 22.6 Å². The molecular weight excluding hydrogens is 257 g/mol. The van der Waals surface area contributed by atoms with Gasteiger partial charge in [-0.2, -0.15) is 13.2 Å². The van der Waals surface area contributed by atoms with E-state index in [1.165, 1.54) is 19.2 Å². The maximum Gasteiger partial charge on any atom is 0.416 e. The van der Waals surface area contributed by atoms with Crippen molar-refractivity contribution in [2.24, 2.45) is 0 Å². The summed E-state index contributed by atoms with van der Waals surface area (Å²) in [6.07, 6.45) is -4.22. The third-order valence-corrected chi connectivity index (χ3v) is 2.86. The van der Waals surface area contributed by atoms with E-state index in [0.717, 1.165) is 12.1 Å². The number of hydrogen-bond donors (Lipinski definition) is 0. The standard InChI is InChI=1S/C14H18F3O2/c1-5-12(18-4)13(2,3)19-11-8-6-7-10(9-11)14(15,16)17/h6-9,12H,1,5H2,2-4H3. The van der Waals surface area contributed by atoms with E-state index in [-0.39, 0.29) is 11.9 Å². The average Bonchev–Trinajstić information content (AvgIpc) is 2.28. The second kappa shape index (κ2) is 5.82. The minimum atomic E-state index is -4.38. The van der Waals surface area contributed by atoms with Crippen LogP contribution >= 0.6 is 0 Å². The van der Waals surface area contributed by atoms with Crippen molar-refractivity contribution in [3.05, 3.63) is 36.8 Å². The molecule has 1 aromatic carbocycles. The minimum Gasteiger partial charge on any atom is -0.485 e. The second-order valence-corrected chi connectivity index (χ2v) is 4.74. The molecule has 1 rings (SSSR count). The molecule has 0 aliphatic rings. The highest BCUT2D eigenvalue weighted by Crippen LogP contribution is 2.33. The topological polar surface area (TPSA) is 18.5 Å². The number of alkyl halides is 3. The molecule has 0 saturated carbocycles. The summed E-state index contributed by atoms with van der Waals surface area (Å²) in [5, 5.41) is 0. The number of ether oxygens (including phenoxy) is 2. The summed E-state index contributed by atoms with van der Waals surface area (Å²) in [4.78, 5) is 0. The molecule has 0 saturated heterocycles. The van der Waals surface area contributed by atoms with Crippen molar-refractivity contribution in [2.45, 2.75) is 38.1 Å². The molecule has 0 fully saturated rings. The van der Waals surface area contributed by atoms with Crippen LogP contribution in [-0.2, 0) is 10.9 Å². The molecule has 1 unspecified atom stereocenters. The molecule has 107 valence electrons. The average molecular weight is 275 g/mol. The smallest absolute Gasteiger partial charge is 0.416 e. The highest BCUT2D eigenvalue weighted by atomic mass is 19.4. The van der Waals surface area contributed by atoms with Crippen LogP contribution in [0, 0.1) is 6.92 Å². The van der Waals surface area contributed by atoms with Gasteiger partial charge in [0.15, 0.2) is 0 Å². The van der Waals surface area contributed by atoms with Gasteiger partial charge in [0.25, 0.3) is 0 Å². The molecule has 1 radical (unpaired) electrons. The first kappa shape index (κ1) is 15.8. The van der Waals surface area contributed by atoms with E-state index in [4.69, 9.17) is 9.47 Å².